The number of nitrogens with zero attached hydrogens (tertiary/aromatic N) is 3. The molecule has 34 heavy (non-hydrogen) atoms. The molecule has 0 saturated heterocycles. The van der Waals surface area contributed by atoms with Gasteiger partial charge in [-0.3, -0.25) is 9.69 Å². The quantitative estimate of drug-likeness (QED) is 0.364. The van der Waals surface area contributed by atoms with Crippen molar-refractivity contribution < 1.29 is 22.3 Å². The van der Waals surface area contributed by atoms with Crippen molar-refractivity contribution in [2.24, 2.45) is 0 Å². The Kier molecular flexibility index (Phi) is 9.81. The molecule has 0 spiro atoms. The van der Waals surface area contributed by atoms with Gasteiger partial charge in [-0.2, -0.15) is 0 Å². The number of thiazole rings is 1. The summed E-state index contributed by atoms with van der Waals surface area (Å²) in [6.07, 6.45) is 0.503. The van der Waals surface area contributed by atoms with E-state index in [1.54, 1.807) is 12.0 Å². The van der Waals surface area contributed by atoms with Crippen LogP contribution in [0.5, 0.6) is 5.75 Å². The zero-order chi connectivity index (χ0) is 24.2. The number of fused-ring (bicyclic) bond motifs is 1. The van der Waals surface area contributed by atoms with Crippen molar-refractivity contribution >= 4 is 54.8 Å². The first kappa shape index (κ1) is 28.0. The lowest BCUT2D eigenvalue weighted by atomic mass is 10.2. The first-order valence-corrected chi connectivity index (χ1v) is 13.0. The minimum atomic E-state index is -3.72. The molecule has 2 aromatic carbocycles. The van der Waals surface area contributed by atoms with Crippen molar-refractivity contribution in [2.45, 2.75) is 24.7 Å². The number of amides is 1. The smallest absolute Gasteiger partial charge is 0.229 e. The van der Waals surface area contributed by atoms with Gasteiger partial charge in [-0.05, 0) is 69.9 Å². The number of sulfone groups is 1. The monoisotopic (exact) mass is 529 g/mol. The standard InChI is InChI=1S/C23H28FN3O4S2.ClH/c1-16-6-11-19(31-4)21-22(16)32-23(25-21)27(14-5-13-26(2)3)20(28)12-15-33(29,30)18-9-7-17(24)8-10-18;/h6-11H,5,12-15H2,1-4H3;1H. The molecule has 0 N–H and O–H groups in total. The van der Waals surface area contributed by atoms with E-state index in [0.29, 0.717) is 29.4 Å². The molecule has 1 aromatic heterocycles. The van der Waals surface area contributed by atoms with E-state index in [0.717, 1.165) is 28.9 Å². The van der Waals surface area contributed by atoms with E-state index in [4.69, 9.17) is 4.74 Å². The van der Waals surface area contributed by atoms with E-state index in [9.17, 15) is 17.6 Å². The minimum Gasteiger partial charge on any atom is -0.494 e. The van der Waals surface area contributed by atoms with Gasteiger partial charge in [-0.25, -0.2) is 17.8 Å². The number of halogens is 2. The van der Waals surface area contributed by atoms with Crippen LogP contribution in [-0.4, -0.2) is 64.3 Å². The van der Waals surface area contributed by atoms with Crippen molar-refractivity contribution in [3.8, 4) is 5.75 Å². The number of anilines is 1. The predicted octanol–water partition coefficient (Wildman–Crippen LogP) is 4.32. The fourth-order valence-electron chi connectivity index (χ4n) is 3.37. The van der Waals surface area contributed by atoms with Gasteiger partial charge in [0.25, 0.3) is 0 Å². The highest BCUT2D eigenvalue weighted by Gasteiger charge is 2.24. The van der Waals surface area contributed by atoms with E-state index < -0.39 is 15.7 Å². The van der Waals surface area contributed by atoms with Crippen molar-refractivity contribution in [3.63, 3.8) is 0 Å². The number of carbonyl (C=O) groups is 1. The van der Waals surface area contributed by atoms with Crippen molar-refractivity contribution in [3.05, 3.63) is 47.8 Å². The van der Waals surface area contributed by atoms with Gasteiger partial charge in [0, 0.05) is 13.0 Å². The molecule has 0 radical (unpaired) electrons. The molecule has 11 heteroatoms. The number of ether oxygens (including phenoxy) is 1. The summed E-state index contributed by atoms with van der Waals surface area (Å²) in [5, 5.41) is 0.514. The molecule has 0 aliphatic carbocycles. The molecule has 1 heterocycles. The van der Waals surface area contributed by atoms with Gasteiger partial charge in [0.1, 0.15) is 17.1 Å². The molecule has 0 aliphatic heterocycles. The third-order valence-corrected chi connectivity index (χ3v) is 8.13. The summed E-state index contributed by atoms with van der Waals surface area (Å²) in [5.74, 6) is -0.582. The van der Waals surface area contributed by atoms with E-state index in [2.05, 4.69) is 4.98 Å². The van der Waals surface area contributed by atoms with Crippen molar-refractivity contribution in [1.82, 2.24) is 9.88 Å². The fourth-order valence-corrected chi connectivity index (χ4v) is 5.69. The zero-order valence-corrected chi connectivity index (χ0v) is 22.0. The molecule has 7 nitrogen and oxygen atoms in total. The Bertz CT molecular complexity index is 1230. The lowest BCUT2D eigenvalue weighted by molar-refractivity contribution is -0.118. The molecule has 186 valence electrons. The van der Waals surface area contributed by atoms with Crippen LogP contribution in [0.2, 0.25) is 0 Å². The number of carbonyl (C=O) groups excluding carboxylic acids is 1. The Morgan fingerprint density at radius 2 is 1.79 bits per heavy atom. The van der Waals surface area contributed by atoms with Crippen LogP contribution in [0.1, 0.15) is 18.4 Å². The highest BCUT2D eigenvalue weighted by molar-refractivity contribution is 7.91. The van der Waals surface area contributed by atoms with Crippen LogP contribution < -0.4 is 9.64 Å². The lowest BCUT2D eigenvalue weighted by Crippen LogP contribution is -2.34. The number of hydrogen-bond acceptors (Lipinski definition) is 7. The first-order valence-electron chi connectivity index (χ1n) is 10.5. The maximum atomic E-state index is 13.2. The van der Waals surface area contributed by atoms with Crippen LogP contribution in [0.3, 0.4) is 0 Å². The van der Waals surface area contributed by atoms with Crippen LogP contribution in [0.25, 0.3) is 10.2 Å². The average Bonchev–Trinajstić information content (AvgIpc) is 3.21. The summed E-state index contributed by atoms with van der Waals surface area (Å²) >= 11 is 1.39. The lowest BCUT2D eigenvalue weighted by Gasteiger charge is -2.21. The number of methoxy groups -OCH3 is 1. The second kappa shape index (κ2) is 11.9. The van der Waals surface area contributed by atoms with Crippen LogP contribution in [0.15, 0.2) is 41.3 Å². The molecule has 0 fully saturated rings. The summed E-state index contributed by atoms with van der Waals surface area (Å²) in [4.78, 5) is 21.4. The SMILES string of the molecule is COc1ccc(C)c2sc(N(CCCN(C)C)C(=O)CCS(=O)(=O)c3ccc(F)cc3)nc12.Cl. The Morgan fingerprint density at radius 3 is 2.41 bits per heavy atom. The van der Waals surface area contributed by atoms with E-state index in [1.165, 1.54) is 23.5 Å². The maximum Gasteiger partial charge on any atom is 0.229 e. The van der Waals surface area contributed by atoms with Crippen molar-refractivity contribution in [2.75, 3.05) is 44.9 Å². The Morgan fingerprint density at radius 1 is 1.12 bits per heavy atom. The Hall–Kier alpha value is -2.27. The van der Waals surface area contributed by atoms with Crippen LogP contribution in [-0.2, 0) is 14.6 Å². The number of aromatic nitrogens is 1. The fraction of sp³-hybridized carbons (Fsp3) is 0.391. The second-order valence-corrected chi connectivity index (χ2v) is 11.1. The van der Waals surface area contributed by atoms with E-state index in [1.807, 2.05) is 38.1 Å². The van der Waals surface area contributed by atoms with E-state index >= 15 is 0 Å². The molecule has 0 atom stereocenters. The van der Waals surface area contributed by atoms with Crippen LogP contribution in [0.4, 0.5) is 9.52 Å². The molecule has 0 saturated carbocycles. The summed E-state index contributed by atoms with van der Waals surface area (Å²) in [6.45, 7) is 3.15. The Labute approximate surface area is 209 Å². The highest BCUT2D eigenvalue weighted by Crippen LogP contribution is 2.36. The average molecular weight is 530 g/mol. The molecule has 0 aliphatic rings. The number of benzene rings is 2. The molecule has 0 unspecified atom stereocenters. The summed E-state index contributed by atoms with van der Waals surface area (Å²) < 4.78 is 44.8. The Balaban J connectivity index is 0.00000408. The largest absolute Gasteiger partial charge is 0.494 e. The van der Waals surface area contributed by atoms with Gasteiger partial charge in [0.2, 0.25) is 5.91 Å². The van der Waals surface area contributed by atoms with Gasteiger partial charge >= 0.3 is 0 Å². The first-order chi connectivity index (χ1) is 15.6. The predicted molar refractivity (Wildman–Crippen MR) is 137 cm³/mol. The molecular weight excluding hydrogens is 501 g/mol. The van der Waals surface area contributed by atoms with Gasteiger partial charge in [0.05, 0.1) is 22.5 Å². The summed E-state index contributed by atoms with van der Waals surface area (Å²) in [7, 11) is 1.75. The molecule has 0 bridgehead atoms. The van der Waals surface area contributed by atoms with Crippen LogP contribution in [0, 0.1) is 12.7 Å². The zero-order valence-electron chi connectivity index (χ0n) is 19.6. The second-order valence-electron chi connectivity index (χ2n) is 7.98. The number of aryl methyl sites for hydroxylation is 1. The number of rotatable bonds is 10. The summed E-state index contributed by atoms with van der Waals surface area (Å²) in [5.41, 5.74) is 1.70. The normalized spacial score (nSPS) is 11.5. The molecule has 1 amide bonds. The minimum absolute atomic E-state index is 0. The molecule has 3 aromatic rings. The number of hydrogen-bond donors (Lipinski definition) is 0. The third kappa shape index (κ3) is 6.65. The third-order valence-electron chi connectivity index (χ3n) is 5.19. The van der Waals surface area contributed by atoms with Gasteiger partial charge < -0.3 is 9.64 Å². The van der Waals surface area contributed by atoms with Gasteiger partial charge in [-0.1, -0.05) is 17.4 Å². The maximum absolute atomic E-state index is 13.2. The van der Waals surface area contributed by atoms with Crippen LogP contribution >= 0.6 is 23.7 Å². The molecule has 3 rings (SSSR count). The molecular formula is C23H29ClFN3O4S2. The van der Waals surface area contributed by atoms with Gasteiger partial charge in [0.15, 0.2) is 15.0 Å². The van der Waals surface area contributed by atoms with Crippen molar-refractivity contribution in [1.29, 1.82) is 0 Å². The highest BCUT2D eigenvalue weighted by atomic mass is 35.5. The topological polar surface area (TPSA) is 79.8 Å². The summed E-state index contributed by atoms with van der Waals surface area (Å²) in [6, 6.07) is 8.41. The van der Waals surface area contributed by atoms with E-state index in [-0.39, 0.29) is 35.4 Å². The van der Waals surface area contributed by atoms with Gasteiger partial charge in [-0.15, -0.1) is 12.4 Å².